The Bertz CT molecular complexity index is 739. The molecule has 2 N–H and O–H groups in total. The number of hydrogen-bond acceptors (Lipinski definition) is 5. The second-order valence-electron chi connectivity index (χ2n) is 5.61. The third-order valence-corrected chi connectivity index (χ3v) is 6.61. The monoisotopic (exact) mass is 361 g/mol. The number of aryl methyl sites for hydroxylation is 1. The minimum Gasteiger partial charge on any atom is -0.300 e. The largest absolute Gasteiger partial charge is 0.300 e. The predicted molar refractivity (Wildman–Crippen MR) is 89.0 cm³/mol. The zero-order chi connectivity index (χ0) is 17.1. The molecule has 1 aliphatic heterocycles. The normalized spacial score (nSPS) is 18.2. The van der Waals surface area contributed by atoms with Crippen LogP contribution in [-0.4, -0.2) is 64.5 Å². The van der Waals surface area contributed by atoms with Crippen LogP contribution in [0.5, 0.6) is 0 Å². The highest BCUT2D eigenvalue weighted by atomic mass is 32.2. The van der Waals surface area contributed by atoms with Crippen molar-refractivity contribution in [3.63, 3.8) is 0 Å². The maximum Gasteiger partial charge on any atom is 0.243 e. The van der Waals surface area contributed by atoms with Crippen LogP contribution in [0.1, 0.15) is 12.5 Å². The van der Waals surface area contributed by atoms with Gasteiger partial charge in [0, 0.05) is 32.7 Å². The van der Waals surface area contributed by atoms with Crippen molar-refractivity contribution in [2.24, 2.45) is 5.14 Å². The summed E-state index contributed by atoms with van der Waals surface area (Å²) in [5, 5.41) is 4.99. The fourth-order valence-electron chi connectivity index (χ4n) is 2.52. The molecule has 1 aromatic rings. The fourth-order valence-corrected chi connectivity index (χ4v) is 4.53. The van der Waals surface area contributed by atoms with Gasteiger partial charge in [-0.15, -0.1) is 0 Å². The van der Waals surface area contributed by atoms with Crippen molar-refractivity contribution in [3.05, 3.63) is 29.8 Å². The molecule has 1 saturated heterocycles. The maximum absolute atomic E-state index is 12.7. The van der Waals surface area contributed by atoms with Gasteiger partial charge in [-0.2, -0.15) is 4.31 Å². The number of piperazine rings is 1. The van der Waals surface area contributed by atoms with E-state index in [4.69, 9.17) is 5.14 Å². The van der Waals surface area contributed by atoms with E-state index in [0.29, 0.717) is 37.6 Å². The minimum atomic E-state index is -3.50. The molecule has 1 heterocycles. The van der Waals surface area contributed by atoms with Gasteiger partial charge < -0.3 is 0 Å². The van der Waals surface area contributed by atoms with Gasteiger partial charge in [-0.3, -0.25) is 4.90 Å². The molecule has 1 aromatic carbocycles. The first-order valence-electron chi connectivity index (χ1n) is 7.54. The van der Waals surface area contributed by atoms with Crippen LogP contribution in [0.25, 0.3) is 0 Å². The van der Waals surface area contributed by atoms with Gasteiger partial charge in [0.05, 0.1) is 10.6 Å². The van der Waals surface area contributed by atoms with Gasteiger partial charge in [0.15, 0.2) is 0 Å². The summed E-state index contributed by atoms with van der Waals surface area (Å²) in [6.07, 6.45) is 0.782. The number of hydrogen-bond donors (Lipinski definition) is 1. The van der Waals surface area contributed by atoms with Crippen LogP contribution >= 0.6 is 0 Å². The van der Waals surface area contributed by atoms with E-state index in [1.54, 1.807) is 18.2 Å². The topological polar surface area (TPSA) is 101 Å². The molecule has 0 spiro atoms. The second-order valence-corrected chi connectivity index (χ2v) is 9.29. The van der Waals surface area contributed by atoms with E-state index in [2.05, 4.69) is 0 Å². The highest BCUT2D eigenvalue weighted by molar-refractivity contribution is 7.89. The van der Waals surface area contributed by atoms with Crippen molar-refractivity contribution >= 4 is 20.0 Å². The summed E-state index contributed by atoms with van der Waals surface area (Å²) in [5.41, 5.74) is 0.984. The lowest BCUT2D eigenvalue weighted by atomic mass is 10.2. The molecule has 23 heavy (non-hydrogen) atoms. The third kappa shape index (κ3) is 4.98. The molecule has 0 aliphatic carbocycles. The summed E-state index contributed by atoms with van der Waals surface area (Å²) in [4.78, 5) is 2.23. The number of benzene rings is 1. The molecule has 130 valence electrons. The Morgan fingerprint density at radius 1 is 1.09 bits per heavy atom. The van der Waals surface area contributed by atoms with E-state index in [9.17, 15) is 16.8 Å². The first kappa shape index (κ1) is 18.3. The van der Waals surface area contributed by atoms with Crippen molar-refractivity contribution in [1.82, 2.24) is 9.21 Å². The van der Waals surface area contributed by atoms with E-state index in [-0.39, 0.29) is 5.75 Å². The van der Waals surface area contributed by atoms with E-state index in [1.165, 1.54) is 4.31 Å². The summed E-state index contributed by atoms with van der Waals surface area (Å²) >= 11 is 0. The standard InChI is InChI=1S/C14H23N3O4S2/c1-2-13-4-3-5-14(12-13)23(20,21)17-8-6-16(7-9-17)10-11-22(15,18)19/h3-5,12H,2,6-11H2,1H3,(H2,15,18,19). The number of primary sulfonamides is 1. The van der Waals surface area contributed by atoms with Crippen molar-refractivity contribution in [1.29, 1.82) is 0 Å². The van der Waals surface area contributed by atoms with Gasteiger partial charge >= 0.3 is 0 Å². The van der Waals surface area contributed by atoms with Crippen LogP contribution in [-0.2, 0) is 26.5 Å². The van der Waals surface area contributed by atoms with Crippen LogP contribution in [0.4, 0.5) is 0 Å². The zero-order valence-corrected chi connectivity index (χ0v) is 14.8. The van der Waals surface area contributed by atoms with E-state index in [1.807, 2.05) is 17.9 Å². The maximum atomic E-state index is 12.7. The van der Waals surface area contributed by atoms with Gasteiger partial charge in [-0.05, 0) is 24.1 Å². The molecule has 1 aliphatic rings. The number of sulfonamides is 2. The molecule has 1 fully saturated rings. The fraction of sp³-hybridized carbons (Fsp3) is 0.571. The van der Waals surface area contributed by atoms with E-state index in [0.717, 1.165) is 12.0 Å². The summed E-state index contributed by atoms with van der Waals surface area (Å²) < 4.78 is 48.8. The van der Waals surface area contributed by atoms with Crippen LogP contribution < -0.4 is 5.14 Å². The molecular weight excluding hydrogens is 338 g/mol. The van der Waals surface area contributed by atoms with E-state index >= 15 is 0 Å². The van der Waals surface area contributed by atoms with Gasteiger partial charge in [0.25, 0.3) is 0 Å². The summed E-state index contributed by atoms with van der Waals surface area (Å²) in [7, 11) is -6.99. The van der Waals surface area contributed by atoms with Crippen molar-refractivity contribution in [2.45, 2.75) is 18.2 Å². The Morgan fingerprint density at radius 2 is 1.74 bits per heavy atom. The van der Waals surface area contributed by atoms with Gasteiger partial charge in [0.1, 0.15) is 0 Å². The SMILES string of the molecule is CCc1cccc(S(=O)(=O)N2CCN(CCS(N)(=O)=O)CC2)c1. The highest BCUT2D eigenvalue weighted by Gasteiger charge is 2.28. The van der Waals surface area contributed by atoms with Gasteiger partial charge in [-0.1, -0.05) is 19.1 Å². The minimum absolute atomic E-state index is 0.113. The first-order chi connectivity index (χ1) is 10.7. The Balaban J connectivity index is 2.01. The lowest BCUT2D eigenvalue weighted by Gasteiger charge is -2.33. The van der Waals surface area contributed by atoms with Gasteiger partial charge in [0.2, 0.25) is 20.0 Å². The van der Waals surface area contributed by atoms with E-state index < -0.39 is 20.0 Å². The zero-order valence-electron chi connectivity index (χ0n) is 13.2. The average molecular weight is 361 g/mol. The molecule has 0 unspecified atom stereocenters. The Hall–Kier alpha value is -1.00. The molecule has 0 bridgehead atoms. The Morgan fingerprint density at radius 3 is 2.30 bits per heavy atom. The third-order valence-electron chi connectivity index (χ3n) is 3.97. The van der Waals surface area contributed by atoms with Crippen molar-refractivity contribution < 1.29 is 16.8 Å². The summed E-state index contributed by atoms with van der Waals surface area (Å²) in [5.74, 6) is -0.113. The average Bonchev–Trinajstić information content (AvgIpc) is 2.52. The molecule has 9 heteroatoms. The Labute approximate surface area is 138 Å². The summed E-state index contributed by atoms with van der Waals surface area (Å²) in [6, 6.07) is 6.99. The number of rotatable bonds is 6. The van der Waals surface area contributed by atoms with Crippen molar-refractivity contribution in [2.75, 3.05) is 38.5 Å². The van der Waals surface area contributed by atoms with Crippen LogP contribution in [0.3, 0.4) is 0 Å². The van der Waals surface area contributed by atoms with Crippen LogP contribution in [0.15, 0.2) is 29.2 Å². The van der Waals surface area contributed by atoms with Crippen LogP contribution in [0, 0.1) is 0 Å². The molecule has 0 aromatic heterocycles. The van der Waals surface area contributed by atoms with Gasteiger partial charge in [-0.25, -0.2) is 22.0 Å². The molecule has 0 saturated carbocycles. The lowest BCUT2D eigenvalue weighted by molar-refractivity contribution is 0.197. The van der Waals surface area contributed by atoms with Crippen LogP contribution in [0.2, 0.25) is 0 Å². The predicted octanol–water partition coefficient (Wildman–Crippen LogP) is -0.156. The second kappa shape index (κ2) is 7.27. The van der Waals surface area contributed by atoms with Crippen molar-refractivity contribution in [3.8, 4) is 0 Å². The molecule has 0 radical (unpaired) electrons. The molecule has 7 nitrogen and oxygen atoms in total. The molecule has 2 rings (SSSR count). The lowest BCUT2D eigenvalue weighted by Crippen LogP contribution is -2.49. The molecule has 0 atom stereocenters. The molecule has 0 amide bonds. The quantitative estimate of drug-likeness (QED) is 0.759. The first-order valence-corrected chi connectivity index (χ1v) is 10.7. The molecular formula is C14H23N3O4S2. The summed E-state index contributed by atoms with van der Waals surface area (Å²) in [6.45, 7) is 4.02. The number of nitrogens with zero attached hydrogens (tertiary/aromatic N) is 2. The highest BCUT2D eigenvalue weighted by Crippen LogP contribution is 2.19. The number of nitrogens with two attached hydrogens (primary N) is 1. The Kier molecular flexibility index (Phi) is 5.79. The smallest absolute Gasteiger partial charge is 0.243 e.